The molecule has 0 radical (unpaired) electrons. The highest BCUT2D eigenvalue weighted by Gasteiger charge is 2.33. The van der Waals surface area contributed by atoms with E-state index < -0.39 is 17.6 Å². The van der Waals surface area contributed by atoms with Gasteiger partial charge in [-0.3, -0.25) is 14.6 Å². The van der Waals surface area contributed by atoms with Gasteiger partial charge in [-0.05, 0) is 31.2 Å². The lowest BCUT2D eigenvalue weighted by atomic mass is 10.1. The second-order valence-electron chi connectivity index (χ2n) is 7.93. The average molecular weight is 480 g/mol. The van der Waals surface area contributed by atoms with Gasteiger partial charge in [0.1, 0.15) is 11.2 Å². The number of alkyl halides is 3. The van der Waals surface area contributed by atoms with E-state index in [4.69, 9.17) is 5.73 Å². The molecule has 5 aromatic rings. The molecule has 1 aromatic carbocycles. The highest BCUT2D eigenvalue weighted by atomic mass is 19.4. The molecule has 4 heterocycles. The van der Waals surface area contributed by atoms with E-state index in [9.17, 15) is 18.0 Å². The number of aromatic nitrogens is 6. The topological polar surface area (TPSA) is 127 Å². The van der Waals surface area contributed by atoms with Gasteiger partial charge in [0.05, 0.1) is 29.0 Å². The Bertz CT molecular complexity index is 1560. The summed E-state index contributed by atoms with van der Waals surface area (Å²) in [7, 11) is 0. The third kappa shape index (κ3) is 4.25. The summed E-state index contributed by atoms with van der Waals surface area (Å²) < 4.78 is 40.3. The Kier molecular flexibility index (Phi) is 5.35. The summed E-state index contributed by atoms with van der Waals surface area (Å²) in [5, 5.41) is 15.8. The quantitative estimate of drug-likeness (QED) is 0.352. The van der Waals surface area contributed by atoms with Gasteiger partial charge in [0.2, 0.25) is 0 Å². The lowest BCUT2D eigenvalue weighted by Gasteiger charge is -2.11. The number of hydrogen-bond donors (Lipinski definition) is 3. The fourth-order valence-corrected chi connectivity index (χ4v) is 3.90. The van der Waals surface area contributed by atoms with Crippen molar-refractivity contribution in [2.75, 3.05) is 12.3 Å². The summed E-state index contributed by atoms with van der Waals surface area (Å²) in [6.07, 6.45) is -0.964. The minimum atomic E-state index is -4.52. The van der Waals surface area contributed by atoms with Crippen LogP contribution in [0.15, 0.2) is 48.8 Å². The molecule has 0 aliphatic rings. The van der Waals surface area contributed by atoms with Crippen LogP contribution < -0.4 is 11.1 Å². The number of nitrogens with one attached hydrogen (secondary N) is 2. The number of nitrogens with two attached hydrogens (primary N) is 1. The Hall–Kier alpha value is -4.48. The molecule has 9 nitrogen and oxygen atoms in total. The number of carbonyl (C=O) groups excluding carboxylic acids is 1. The molecule has 35 heavy (non-hydrogen) atoms. The standard InChI is InChI=1S/C23H19F3N8O/c1-12-16(23(24,25)26)4-5-18(30-12)22(35)28-8-9-34-11-15-14-3-2-13(17-6-7-29-32-17)10-19(14)31-21(27)20(15)33-34/h2-7,10-11H,8-9H2,1H3,(H2,27,31)(H,28,35)(H,29,32). The Balaban J connectivity index is 1.32. The summed E-state index contributed by atoms with van der Waals surface area (Å²) >= 11 is 0. The lowest BCUT2D eigenvalue weighted by Crippen LogP contribution is -2.28. The van der Waals surface area contributed by atoms with Crippen molar-refractivity contribution in [2.24, 2.45) is 0 Å². The summed E-state index contributed by atoms with van der Waals surface area (Å²) in [6.45, 7) is 1.71. The fourth-order valence-electron chi connectivity index (χ4n) is 3.90. The van der Waals surface area contributed by atoms with Gasteiger partial charge in [-0.25, -0.2) is 9.97 Å². The Morgan fingerprint density at radius 1 is 1.14 bits per heavy atom. The van der Waals surface area contributed by atoms with Crippen molar-refractivity contribution in [3.8, 4) is 11.3 Å². The zero-order chi connectivity index (χ0) is 24.7. The van der Waals surface area contributed by atoms with E-state index in [-0.39, 0.29) is 23.8 Å². The molecule has 4 N–H and O–H groups in total. The van der Waals surface area contributed by atoms with Gasteiger partial charge < -0.3 is 11.1 Å². The van der Waals surface area contributed by atoms with Crippen LogP contribution in [-0.2, 0) is 12.7 Å². The largest absolute Gasteiger partial charge is 0.418 e. The van der Waals surface area contributed by atoms with Gasteiger partial charge in [0.25, 0.3) is 5.91 Å². The first-order valence-corrected chi connectivity index (χ1v) is 10.6. The van der Waals surface area contributed by atoms with E-state index in [0.717, 1.165) is 34.2 Å². The molecule has 0 saturated heterocycles. The Morgan fingerprint density at radius 3 is 2.69 bits per heavy atom. The SMILES string of the molecule is Cc1nc(C(=O)NCCn2cc3c(n2)c(N)nc2cc(-c4cc[nH]n4)ccc23)ccc1C(F)(F)F. The van der Waals surface area contributed by atoms with Gasteiger partial charge in [-0.15, -0.1) is 0 Å². The molecule has 0 bridgehead atoms. The van der Waals surface area contributed by atoms with Crippen molar-refractivity contribution < 1.29 is 18.0 Å². The second-order valence-corrected chi connectivity index (χ2v) is 7.93. The molecule has 178 valence electrons. The van der Waals surface area contributed by atoms with Crippen LogP contribution in [-0.4, -0.2) is 42.4 Å². The van der Waals surface area contributed by atoms with Crippen molar-refractivity contribution in [2.45, 2.75) is 19.6 Å². The van der Waals surface area contributed by atoms with Crippen molar-refractivity contribution in [3.05, 3.63) is 65.7 Å². The summed E-state index contributed by atoms with van der Waals surface area (Å²) in [5.41, 5.74) is 7.86. The number of rotatable bonds is 5. The Labute approximate surface area is 196 Å². The highest BCUT2D eigenvalue weighted by Crippen LogP contribution is 2.31. The first-order chi connectivity index (χ1) is 16.7. The first kappa shape index (κ1) is 22.3. The van der Waals surface area contributed by atoms with E-state index in [0.29, 0.717) is 17.6 Å². The van der Waals surface area contributed by atoms with Crippen LogP contribution in [0.25, 0.3) is 33.1 Å². The van der Waals surface area contributed by atoms with Gasteiger partial charge >= 0.3 is 6.18 Å². The molecule has 0 saturated carbocycles. The predicted octanol–water partition coefficient (Wildman–Crippen LogP) is 3.71. The molecule has 0 unspecified atom stereocenters. The van der Waals surface area contributed by atoms with Crippen molar-refractivity contribution in [1.82, 2.24) is 35.3 Å². The van der Waals surface area contributed by atoms with Crippen molar-refractivity contribution in [1.29, 1.82) is 0 Å². The molecule has 0 spiro atoms. The number of amides is 1. The summed E-state index contributed by atoms with van der Waals surface area (Å²) in [4.78, 5) is 20.6. The molecule has 0 aliphatic carbocycles. The van der Waals surface area contributed by atoms with Crippen LogP contribution in [0.5, 0.6) is 0 Å². The summed E-state index contributed by atoms with van der Waals surface area (Å²) in [6, 6.07) is 9.54. The number of pyridine rings is 2. The van der Waals surface area contributed by atoms with Crippen LogP contribution in [0.1, 0.15) is 21.7 Å². The number of nitrogens with zero attached hydrogens (tertiary/aromatic N) is 5. The van der Waals surface area contributed by atoms with E-state index >= 15 is 0 Å². The normalized spacial score (nSPS) is 11.9. The fraction of sp³-hybridized carbons (Fsp3) is 0.174. The minimum Gasteiger partial charge on any atom is -0.382 e. The van der Waals surface area contributed by atoms with E-state index in [2.05, 4.69) is 30.6 Å². The van der Waals surface area contributed by atoms with Gasteiger partial charge in [-0.1, -0.05) is 12.1 Å². The molecule has 0 fully saturated rings. The average Bonchev–Trinajstić information content (AvgIpc) is 3.48. The Morgan fingerprint density at radius 2 is 1.97 bits per heavy atom. The zero-order valence-corrected chi connectivity index (χ0v) is 18.4. The zero-order valence-electron chi connectivity index (χ0n) is 18.4. The molecule has 0 aliphatic heterocycles. The number of hydrogen-bond acceptors (Lipinski definition) is 6. The van der Waals surface area contributed by atoms with Crippen LogP contribution in [0, 0.1) is 6.92 Å². The lowest BCUT2D eigenvalue weighted by molar-refractivity contribution is -0.138. The van der Waals surface area contributed by atoms with E-state index in [1.54, 1.807) is 10.9 Å². The molecule has 0 atom stereocenters. The van der Waals surface area contributed by atoms with E-state index in [1.165, 1.54) is 6.92 Å². The first-order valence-electron chi connectivity index (χ1n) is 10.6. The molecule has 5 rings (SSSR count). The van der Waals surface area contributed by atoms with Crippen LogP contribution in [0.3, 0.4) is 0 Å². The number of halogens is 3. The number of aromatic amines is 1. The van der Waals surface area contributed by atoms with E-state index in [1.807, 2.05) is 30.5 Å². The van der Waals surface area contributed by atoms with Crippen molar-refractivity contribution >= 4 is 33.5 Å². The van der Waals surface area contributed by atoms with Crippen LogP contribution in [0.4, 0.5) is 19.0 Å². The molecule has 1 amide bonds. The third-order valence-electron chi connectivity index (χ3n) is 5.58. The minimum absolute atomic E-state index is 0.0896. The number of aryl methyl sites for hydroxylation is 1. The maximum Gasteiger partial charge on any atom is 0.418 e. The van der Waals surface area contributed by atoms with Crippen molar-refractivity contribution in [3.63, 3.8) is 0 Å². The third-order valence-corrected chi connectivity index (χ3v) is 5.58. The molecular formula is C23H19F3N8O. The number of carbonyl (C=O) groups is 1. The van der Waals surface area contributed by atoms with Crippen LogP contribution >= 0.6 is 0 Å². The number of anilines is 1. The number of benzene rings is 1. The molecule has 12 heteroatoms. The molecule has 4 aromatic heterocycles. The second kappa shape index (κ2) is 8.38. The number of nitrogen functional groups attached to an aromatic ring is 1. The van der Waals surface area contributed by atoms with Gasteiger partial charge in [0.15, 0.2) is 5.82 Å². The maximum atomic E-state index is 12.9. The predicted molar refractivity (Wildman–Crippen MR) is 123 cm³/mol. The highest BCUT2D eigenvalue weighted by molar-refractivity contribution is 6.08. The van der Waals surface area contributed by atoms with Gasteiger partial charge in [-0.2, -0.15) is 23.4 Å². The van der Waals surface area contributed by atoms with Gasteiger partial charge in [0, 0.05) is 35.3 Å². The van der Waals surface area contributed by atoms with Crippen LogP contribution in [0.2, 0.25) is 0 Å². The maximum absolute atomic E-state index is 12.9. The smallest absolute Gasteiger partial charge is 0.382 e. The monoisotopic (exact) mass is 480 g/mol. The number of fused-ring (bicyclic) bond motifs is 3. The summed E-state index contributed by atoms with van der Waals surface area (Å²) in [5.74, 6) is -0.296. The molecular weight excluding hydrogens is 461 g/mol. The number of H-pyrrole nitrogens is 1.